The second-order valence-electron chi connectivity index (χ2n) is 8.19. The Morgan fingerprint density at radius 2 is 1.70 bits per heavy atom. The fourth-order valence-corrected chi connectivity index (χ4v) is 4.35. The molecule has 6 nitrogen and oxygen atoms in total. The Morgan fingerprint density at radius 1 is 1.07 bits per heavy atom. The van der Waals surface area contributed by atoms with Gasteiger partial charge in [-0.3, -0.25) is 0 Å². The summed E-state index contributed by atoms with van der Waals surface area (Å²) >= 11 is 5.41. The van der Waals surface area contributed by atoms with Crippen LogP contribution in [0.2, 0.25) is 0 Å². The first-order valence-corrected chi connectivity index (χ1v) is 10.9. The van der Waals surface area contributed by atoms with E-state index in [0.717, 1.165) is 50.8 Å². The first kappa shape index (κ1) is 20.1. The van der Waals surface area contributed by atoms with Gasteiger partial charge in [0.25, 0.3) is 0 Å². The number of rotatable bonds is 5. The zero-order chi connectivity index (χ0) is 19.2. The van der Waals surface area contributed by atoms with E-state index in [9.17, 15) is 0 Å². The Labute approximate surface area is 169 Å². The molecule has 1 aromatic heterocycles. The van der Waals surface area contributed by atoms with Crippen LogP contribution in [-0.4, -0.2) is 47.8 Å². The number of aromatic nitrogens is 2. The van der Waals surface area contributed by atoms with Crippen LogP contribution in [0.25, 0.3) is 0 Å². The molecule has 0 aromatic carbocycles. The topological polar surface area (TPSA) is 56.3 Å². The van der Waals surface area contributed by atoms with Crippen LogP contribution in [0.1, 0.15) is 52.9 Å². The van der Waals surface area contributed by atoms with Gasteiger partial charge in [-0.05, 0) is 56.2 Å². The van der Waals surface area contributed by atoms with E-state index in [1.807, 2.05) is 0 Å². The van der Waals surface area contributed by atoms with Crippen LogP contribution >= 0.6 is 12.2 Å². The molecule has 150 valence electrons. The number of piperidine rings is 2. The van der Waals surface area contributed by atoms with Gasteiger partial charge in [0.15, 0.2) is 5.11 Å². The summed E-state index contributed by atoms with van der Waals surface area (Å²) in [6, 6.07) is 2.17. The highest BCUT2D eigenvalue weighted by Gasteiger charge is 2.24. The number of thiocarbonyl (C=S) groups is 1. The highest BCUT2D eigenvalue weighted by atomic mass is 32.1. The van der Waals surface area contributed by atoms with Gasteiger partial charge in [0.1, 0.15) is 11.6 Å². The second-order valence-corrected chi connectivity index (χ2v) is 8.60. The lowest BCUT2D eigenvalue weighted by molar-refractivity contribution is 0.355. The number of nitrogens with one attached hydrogen (secondary N) is 2. The van der Waals surface area contributed by atoms with Crippen molar-refractivity contribution < 1.29 is 0 Å². The lowest BCUT2D eigenvalue weighted by Gasteiger charge is -2.36. The average molecular weight is 391 g/mol. The fourth-order valence-electron chi connectivity index (χ4n) is 4.16. The maximum atomic E-state index is 5.41. The van der Waals surface area contributed by atoms with Crippen LogP contribution in [0.15, 0.2) is 6.07 Å². The zero-order valence-corrected chi connectivity index (χ0v) is 17.8. The molecule has 2 atom stereocenters. The average Bonchev–Trinajstić information content (AvgIpc) is 2.66. The first-order chi connectivity index (χ1) is 13.0. The highest BCUT2D eigenvalue weighted by Crippen LogP contribution is 2.29. The monoisotopic (exact) mass is 390 g/mol. The van der Waals surface area contributed by atoms with E-state index in [0.29, 0.717) is 22.9 Å². The van der Waals surface area contributed by atoms with Crippen LogP contribution in [0.5, 0.6) is 0 Å². The Morgan fingerprint density at radius 3 is 2.33 bits per heavy atom. The Kier molecular flexibility index (Phi) is 7.10. The van der Waals surface area contributed by atoms with Gasteiger partial charge in [-0.15, -0.1) is 0 Å². The fraction of sp³-hybridized carbons (Fsp3) is 0.750. The molecule has 0 aliphatic carbocycles. The summed E-state index contributed by atoms with van der Waals surface area (Å²) in [5.41, 5.74) is 0. The molecule has 3 rings (SSSR count). The molecule has 0 bridgehead atoms. The van der Waals surface area contributed by atoms with Gasteiger partial charge in [-0.25, -0.2) is 0 Å². The molecule has 2 N–H and O–H groups in total. The van der Waals surface area contributed by atoms with Gasteiger partial charge in [-0.2, -0.15) is 9.97 Å². The van der Waals surface area contributed by atoms with E-state index in [4.69, 9.17) is 22.2 Å². The maximum Gasteiger partial charge on any atom is 0.232 e. The molecular formula is C20H34N6S. The maximum absolute atomic E-state index is 5.41. The van der Waals surface area contributed by atoms with E-state index < -0.39 is 0 Å². The van der Waals surface area contributed by atoms with Gasteiger partial charge in [0.05, 0.1) is 0 Å². The molecule has 2 fully saturated rings. The quantitative estimate of drug-likeness (QED) is 0.744. The number of hydrogen-bond donors (Lipinski definition) is 2. The van der Waals surface area contributed by atoms with Crippen molar-refractivity contribution in [2.75, 3.05) is 47.8 Å². The van der Waals surface area contributed by atoms with Crippen molar-refractivity contribution in [3.63, 3.8) is 0 Å². The number of nitrogens with zero attached hydrogens (tertiary/aromatic N) is 4. The van der Waals surface area contributed by atoms with Crippen molar-refractivity contribution in [1.29, 1.82) is 0 Å². The van der Waals surface area contributed by atoms with Crippen molar-refractivity contribution in [3.05, 3.63) is 6.07 Å². The summed E-state index contributed by atoms with van der Waals surface area (Å²) in [4.78, 5) is 14.4. The van der Waals surface area contributed by atoms with Crippen molar-refractivity contribution >= 4 is 34.9 Å². The summed E-state index contributed by atoms with van der Waals surface area (Å²) in [5.74, 6) is 4.01. The van der Waals surface area contributed by atoms with Crippen LogP contribution in [0.4, 0.5) is 17.6 Å². The molecule has 0 saturated carbocycles. The summed E-state index contributed by atoms with van der Waals surface area (Å²) in [6.45, 7) is 11.9. The molecule has 2 saturated heterocycles. The molecule has 2 aliphatic heterocycles. The minimum Gasteiger partial charge on any atom is -0.362 e. The Balaban J connectivity index is 1.84. The lowest BCUT2D eigenvalue weighted by atomic mass is 9.92. The number of anilines is 3. The van der Waals surface area contributed by atoms with Gasteiger partial charge >= 0.3 is 0 Å². The van der Waals surface area contributed by atoms with Crippen molar-refractivity contribution in [2.45, 2.75) is 52.9 Å². The van der Waals surface area contributed by atoms with Crippen molar-refractivity contribution in [2.24, 2.45) is 11.8 Å². The predicted octanol–water partition coefficient (Wildman–Crippen LogP) is 3.65. The Hall–Kier alpha value is -1.63. The SMILES string of the molecule is CCCNC(=S)Nc1nc(N2CCCCC2)cc(N2C[C@@H](C)C[C@H](C)C2)n1. The number of hydrogen-bond acceptors (Lipinski definition) is 5. The van der Waals surface area contributed by atoms with E-state index in [1.54, 1.807) is 0 Å². The summed E-state index contributed by atoms with van der Waals surface area (Å²) < 4.78 is 0. The van der Waals surface area contributed by atoms with E-state index in [1.165, 1.54) is 25.7 Å². The van der Waals surface area contributed by atoms with Gasteiger partial charge in [-0.1, -0.05) is 20.8 Å². The predicted molar refractivity (Wildman–Crippen MR) is 118 cm³/mol. The van der Waals surface area contributed by atoms with Crippen molar-refractivity contribution in [1.82, 2.24) is 15.3 Å². The van der Waals surface area contributed by atoms with Crippen LogP contribution in [0.3, 0.4) is 0 Å². The molecule has 3 heterocycles. The van der Waals surface area contributed by atoms with Gasteiger partial charge in [0.2, 0.25) is 5.95 Å². The van der Waals surface area contributed by atoms with Crippen LogP contribution < -0.4 is 20.4 Å². The summed E-state index contributed by atoms with van der Waals surface area (Å²) in [7, 11) is 0. The Bertz CT molecular complexity index is 621. The lowest BCUT2D eigenvalue weighted by Crippen LogP contribution is -2.40. The molecule has 27 heavy (non-hydrogen) atoms. The zero-order valence-electron chi connectivity index (χ0n) is 17.0. The van der Waals surface area contributed by atoms with Crippen molar-refractivity contribution in [3.8, 4) is 0 Å². The molecular weight excluding hydrogens is 356 g/mol. The third kappa shape index (κ3) is 5.67. The third-order valence-electron chi connectivity index (χ3n) is 5.33. The van der Waals surface area contributed by atoms with Crippen LogP contribution in [0, 0.1) is 11.8 Å². The van der Waals surface area contributed by atoms with Crippen LogP contribution in [-0.2, 0) is 0 Å². The van der Waals surface area contributed by atoms with E-state index >= 15 is 0 Å². The summed E-state index contributed by atoms with van der Waals surface area (Å²) in [5, 5.41) is 7.01. The minimum absolute atomic E-state index is 0.596. The molecule has 0 unspecified atom stereocenters. The standard InChI is InChI=1S/C20H34N6S/c1-4-8-21-20(27)24-19-22-17(25-9-6-5-7-10-25)12-18(23-19)26-13-15(2)11-16(3)14-26/h12,15-16H,4-11,13-14H2,1-3H3,(H2,21,22,23,24,27)/t15-,16-/m0/s1. The highest BCUT2D eigenvalue weighted by molar-refractivity contribution is 7.80. The molecule has 7 heteroatoms. The second kappa shape index (κ2) is 9.53. The van der Waals surface area contributed by atoms with Gasteiger partial charge < -0.3 is 20.4 Å². The molecule has 2 aliphatic rings. The van der Waals surface area contributed by atoms with E-state index in [-0.39, 0.29) is 0 Å². The normalized spacial score (nSPS) is 23.2. The van der Waals surface area contributed by atoms with E-state index in [2.05, 4.69) is 47.3 Å². The largest absolute Gasteiger partial charge is 0.362 e. The van der Waals surface area contributed by atoms with Gasteiger partial charge in [0, 0.05) is 38.8 Å². The first-order valence-electron chi connectivity index (χ1n) is 10.5. The summed E-state index contributed by atoms with van der Waals surface area (Å²) in [6.07, 6.45) is 6.10. The smallest absolute Gasteiger partial charge is 0.232 e. The molecule has 0 radical (unpaired) electrons. The molecule has 0 spiro atoms. The molecule has 1 aromatic rings. The molecule has 0 amide bonds. The minimum atomic E-state index is 0.596. The third-order valence-corrected chi connectivity index (χ3v) is 5.58.